The molecular weight excluding hydrogens is 274 g/mol. The molecule has 0 saturated heterocycles. The Balaban J connectivity index is 2.45. The molecule has 6 heteroatoms. The summed E-state index contributed by atoms with van der Waals surface area (Å²) >= 11 is 0. The summed E-state index contributed by atoms with van der Waals surface area (Å²) in [4.78, 5) is 13.7. The maximum absolute atomic E-state index is 11.7. The molecule has 0 bridgehead atoms. The van der Waals surface area contributed by atoms with Crippen LogP contribution in [0.2, 0.25) is 0 Å². The van der Waals surface area contributed by atoms with E-state index in [-0.39, 0.29) is 18.5 Å². The minimum absolute atomic E-state index is 0.0608. The third-order valence-corrected chi connectivity index (χ3v) is 4.08. The van der Waals surface area contributed by atoms with Crippen LogP contribution < -0.4 is 0 Å². The van der Waals surface area contributed by atoms with Crippen LogP contribution in [0.5, 0.6) is 0 Å². The maximum atomic E-state index is 11.7. The van der Waals surface area contributed by atoms with Crippen LogP contribution in [0.15, 0.2) is 0 Å². The van der Waals surface area contributed by atoms with E-state index in [1.165, 1.54) is 0 Å². The Bertz CT molecular complexity index is 302. The van der Waals surface area contributed by atoms with Crippen molar-refractivity contribution in [3.05, 3.63) is 0 Å². The summed E-state index contributed by atoms with van der Waals surface area (Å²) in [5.41, 5.74) is -0.786. The van der Waals surface area contributed by atoms with Gasteiger partial charge in [0.15, 0.2) is 0 Å². The summed E-state index contributed by atoms with van der Waals surface area (Å²) in [5, 5.41) is 19.8. The van der Waals surface area contributed by atoms with Crippen molar-refractivity contribution in [3.8, 4) is 0 Å². The highest BCUT2D eigenvalue weighted by atomic mass is 16.5. The molecule has 0 spiro atoms. The van der Waals surface area contributed by atoms with Crippen LogP contribution in [0.4, 0.5) is 0 Å². The van der Waals surface area contributed by atoms with Gasteiger partial charge in [-0.2, -0.15) is 0 Å². The molecule has 1 fully saturated rings. The smallest absolute Gasteiger partial charge is 0.308 e. The molecule has 2 N–H and O–H groups in total. The van der Waals surface area contributed by atoms with Crippen molar-refractivity contribution in [2.24, 2.45) is 5.92 Å². The zero-order valence-corrected chi connectivity index (χ0v) is 13.2. The second-order valence-electron chi connectivity index (χ2n) is 5.74. The summed E-state index contributed by atoms with van der Waals surface area (Å²) in [6, 6.07) is 0. The highest BCUT2D eigenvalue weighted by molar-refractivity contribution is 5.72. The predicted octanol–water partition coefficient (Wildman–Crippen LogP) is 0.412. The number of carbonyl (C=O) groups is 1. The third-order valence-electron chi connectivity index (χ3n) is 4.08. The van der Waals surface area contributed by atoms with Gasteiger partial charge in [-0.3, -0.25) is 9.69 Å². The van der Waals surface area contributed by atoms with Gasteiger partial charge in [-0.15, -0.1) is 0 Å². The Hall–Kier alpha value is -0.690. The molecule has 0 aromatic heterocycles. The average Bonchev–Trinajstić information content (AvgIpc) is 2.46. The molecule has 0 radical (unpaired) electrons. The van der Waals surface area contributed by atoms with Gasteiger partial charge in [-0.1, -0.05) is 0 Å². The number of hydrogen-bond donors (Lipinski definition) is 2. The fourth-order valence-electron chi connectivity index (χ4n) is 2.86. The van der Waals surface area contributed by atoms with Gasteiger partial charge in [0.1, 0.15) is 0 Å². The number of methoxy groups -OCH3 is 1. The van der Waals surface area contributed by atoms with E-state index < -0.39 is 5.60 Å². The van der Waals surface area contributed by atoms with Gasteiger partial charge in [-0.05, 0) is 32.6 Å². The number of hydrogen-bond acceptors (Lipinski definition) is 6. The number of aliphatic hydroxyl groups is 2. The maximum Gasteiger partial charge on any atom is 0.308 e. The molecule has 21 heavy (non-hydrogen) atoms. The third kappa shape index (κ3) is 6.30. The van der Waals surface area contributed by atoms with Crippen LogP contribution in [0.25, 0.3) is 0 Å². The number of nitrogens with zero attached hydrogens (tertiary/aromatic N) is 1. The topological polar surface area (TPSA) is 79.2 Å². The lowest BCUT2D eigenvalue weighted by molar-refractivity contribution is -0.151. The van der Waals surface area contributed by atoms with Gasteiger partial charge in [0.25, 0.3) is 0 Å². The molecule has 124 valence electrons. The number of aliphatic hydroxyl groups excluding tert-OH is 1. The fourth-order valence-corrected chi connectivity index (χ4v) is 2.86. The van der Waals surface area contributed by atoms with Gasteiger partial charge in [0.05, 0.1) is 31.3 Å². The van der Waals surface area contributed by atoms with E-state index in [9.17, 15) is 9.90 Å². The Morgan fingerprint density at radius 2 is 2.00 bits per heavy atom. The molecule has 0 aromatic rings. The van der Waals surface area contributed by atoms with Crippen molar-refractivity contribution in [2.75, 3.05) is 46.6 Å². The summed E-state index contributed by atoms with van der Waals surface area (Å²) in [5.74, 6) is -0.235. The van der Waals surface area contributed by atoms with Crippen LogP contribution in [0.3, 0.4) is 0 Å². The quantitative estimate of drug-likeness (QED) is 0.601. The molecule has 1 aliphatic carbocycles. The Labute approximate surface area is 127 Å². The van der Waals surface area contributed by atoms with Gasteiger partial charge in [-0.25, -0.2) is 0 Å². The fraction of sp³-hybridized carbons (Fsp3) is 0.933. The van der Waals surface area contributed by atoms with Gasteiger partial charge >= 0.3 is 5.97 Å². The molecule has 0 aromatic carbocycles. The van der Waals surface area contributed by atoms with Gasteiger partial charge in [0, 0.05) is 26.7 Å². The predicted molar refractivity (Wildman–Crippen MR) is 78.9 cm³/mol. The largest absolute Gasteiger partial charge is 0.466 e. The molecular formula is C15H29NO5. The van der Waals surface area contributed by atoms with Crippen molar-refractivity contribution in [3.63, 3.8) is 0 Å². The first-order valence-corrected chi connectivity index (χ1v) is 7.76. The zero-order valence-electron chi connectivity index (χ0n) is 13.2. The highest BCUT2D eigenvalue weighted by Crippen LogP contribution is 2.33. The molecule has 1 aliphatic rings. The first kappa shape index (κ1) is 18.4. The zero-order chi connectivity index (χ0) is 15.7. The Morgan fingerprint density at radius 3 is 2.52 bits per heavy atom. The lowest BCUT2D eigenvalue weighted by Gasteiger charge is -2.38. The number of esters is 1. The first-order valence-electron chi connectivity index (χ1n) is 7.76. The average molecular weight is 303 g/mol. The monoisotopic (exact) mass is 303 g/mol. The number of rotatable bonds is 9. The number of carbonyl (C=O) groups excluding carboxylic acids is 1. The molecule has 6 nitrogen and oxygen atoms in total. The minimum Gasteiger partial charge on any atom is -0.466 e. The first-order chi connectivity index (χ1) is 10.0. The summed E-state index contributed by atoms with van der Waals surface area (Å²) in [6.07, 6.45) is 2.50. The van der Waals surface area contributed by atoms with Crippen molar-refractivity contribution in [2.45, 2.75) is 38.2 Å². The van der Waals surface area contributed by atoms with E-state index in [0.717, 1.165) is 0 Å². The number of ether oxygens (including phenoxy) is 2. The molecule has 1 rings (SSSR count). The highest BCUT2D eigenvalue weighted by Gasteiger charge is 2.37. The van der Waals surface area contributed by atoms with Crippen LogP contribution in [-0.2, 0) is 14.3 Å². The SMILES string of the molecule is CCOC(=O)C1CCC(O)(CN(CCO)CCOC)CC1. The summed E-state index contributed by atoms with van der Waals surface area (Å²) in [7, 11) is 1.64. The summed E-state index contributed by atoms with van der Waals surface area (Å²) in [6.45, 7) is 4.55. The van der Waals surface area contributed by atoms with Crippen LogP contribution in [-0.4, -0.2) is 73.2 Å². The molecule has 0 amide bonds. The molecule has 0 aliphatic heterocycles. The van der Waals surface area contributed by atoms with E-state index in [2.05, 4.69) is 0 Å². The van der Waals surface area contributed by atoms with E-state index in [4.69, 9.17) is 14.6 Å². The van der Waals surface area contributed by atoms with Crippen LogP contribution in [0.1, 0.15) is 32.6 Å². The second kappa shape index (κ2) is 9.35. The van der Waals surface area contributed by atoms with Crippen molar-refractivity contribution in [1.82, 2.24) is 4.90 Å². The van der Waals surface area contributed by atoms with Crippen molar-refractivity contribution >= 4 is 5.97 Å². The normalized spacial score (nSPS) is 26.0. The van der Waals surface area contributed by atoms with Crippen molar-refractivity contribution in [1.29, 1.82) is 0 Å². The molecule has 0 unspecified atom stereocenters. The van der Waals surface area contributed by atoms with Gasteiger partial charge in [0.2, 0.25) is 0 Å². The van der Waals surface area contributed by atoms with E-state index >= 15 is 0 Å². The van der Waals surface area contributed by atoms with Crippen molar-refractivity contribution < 1.29 is 24.5 Å². The van der Waals surface area contributed by atoms with Crippen LogP contribution >= 0.6 is 0 Å². The molecule has 0 atom stereocenters. The molecule has 1 saturated carbocycles. The van der Waals surface area contributed by atoms with E-state index in [0.29, 0.717) is 58.5 Å². The lowest BCUT2D eigenvalue weighted by atomic mass is 9.78. The minimum atomic E-state index is -0.786. The van der Waals surface area contributed by atoms with Gasteiger partial charge < -0.3 is 19.7 Å². The Kier molecular flexibility index (Phi) is 8.18. The second-order valence-corrected chi connectivity index (χ2v) is 5.74. The lowest BCUT2D eigenvalue weighted by Crippen LogP contribution is -2.48. The van der Waals surface area contributed by atoms with E-state index in [1.807, 2.05) is 4.90 Å². The van der Waals surface area contributed by atoms with E-state index in [1.54, 1.807) is 14.0 Å². The summed E-state index contributed by atoms with van der Waals surface area (Å²) < 4.78 is 10.1. The Morgan fingerprint density at radius 1 is 1.33 bits per heavy atom. The molecule has 0 heterocycles. The van der Waals surface area contributed by atoms with Crippen LogP contribution in [0, 0.1) is 5.92 Å². The standard InChI is InChI=1S/C15H29NO5/c1-3-21-14(18)13-4-6-15(19,7-5-13)12-16(8-10-17)9-11-20-2/h13,17,19H,3-12H2,1-2H3.